The van der Waals surface area contributed by atoms with Gasteiger partial charge in [0.05, 0.1) is 37.6 Å². The summed E-state index contributed by atoms with van der Waals surface area (Å²) in [6, 6.07) is -1.08. The molecule has 17 nitrogen and oxygen atoms in total. The maximum absolute atomic E-state index is 12.9. The summed E-state index contributed by atoms with van der Waals surface area (Å²) in [7, 11) is 0. The molecule has 4 saturated heterocycles. The van der Waals surface area contributed by atoms with E-state index in [9.17, 15) is 45.6 Å². The zero-order chi connectivity index (χ0) is 39.7. The number of aliphatic hydroxyl groups is 8. The lowest BCUT2D eigenvalue weighted by molar-refractivity contribution is -0.379. The van der Waals surface area contributed by atoms with Gasteiger partial charge in [0, 0.05) is 12.5 Å². The molecule has 4 rings (SSSR count). The molecule has 0 aromatic rings. The Morgan fingerprint density at radius 2 is 1.31 bits per heavy atom. The molecule has 0 saturated carbocycles. The van der Waals surface area contributed by atoms with E-state index in [1.54, 1.807) is 6.92 Å². The third kappa shape index (κ3) is 11.1. The summed E-state index contributed by atoms with van der Waals surface area (Å²) in [6.45, 7) is 7.07. The third-order valence-corrected chi connectivity index (χ3v) is 12.0. The van der Waals surface area contributed by atoms with Crippen LogP contribution in [0.15, 0.2) is 0 Å². The highest BCUT2D eigenvalue weighted by Gasteiger charge is 2.53. The fourth-order valence-electron chi connectivity index (χ4n) is 8.23. The van der Waals surface area contributed by atoms with Gasteiger partial charge in [-0.3, -0.25) is 4.79 Å². The Kier molecular flexibility index (Phi) is 18.2. The Morgan fingerprint density at radius 1 is 0.667 bits per heavy atom. The van der Waals surface area contributed by atoms with Crippen LogP contribution in [-0.2, 0) is 33.2 Å². The van der Waals surface area contributed by atoms with E-state index in [0.717, 1.165) is 64.2 Å². The van der Waals surface area contributed by atoms with Crippen molar-refractivity contribution in [1.82, 2.24) is 5.32 Å². The minimum Gasteiger partial charge on any atom is -0.394 e. The van der Waals surface area contributed by atoms with Gasteiger partial charge in [-0.25, -0.2) is 0 Å². The molecule has 11 N–H and O–H groups in total. The molecule has 0 aromatic carbocycles. The minimum absolute atomic E-state index is 0.0201. The third-order valence-electron chi connectivity index (χ3n) is 12.0. The normalized spacial score (nSPS) is 46.4. The van der Waals surface area contributed by atoms with Crippen molar-refractivity contribution in [3.05, 3.63) is 0 Å². The molecule has 19 atom stereocenters. The van der Waals surface area contributed by atoms with E-state index in [-0.39, 0.29) is 23.8 Å². The summed E-state index contributed by atoms with van der Waals surface area (Å²) >= 11 is 0. The summed E-state index contributed by atoms with van der Waals surface area (Å²) in [5.41, 5.74) is 6.55. The molecular weight excluding hydrogens is 712 g/mol. The van der Waals surface area contributed by atoms with Gasteiger partial charge in [0.2, 0.25) is 5.91 Å². The summed E-state index contributed by atoms with van der Waals surface area (Å²) in [6.07, 6.45) is -12.4. The summed E-state index contributed by atoms with van der Waals surface area (Å²) < 4.78 is 36.1. The lowest BCUT2D eigenvalue weighted by Crippen LogP contribution is -2.67. The first kappa shape index (κ1) is 45.6. The average Bonchev–Trinajstić information content (AvgIpc) is 3.16. The molecule has 316 valence electrons. The first-order valence-corrected chi connectivity index (χ1v) is 20.1. The Bertz CT molecular complexity index is 1110. The van der Waals surface area contributed by atoms with Gasteiger partial charge in [-0.2, -0.15) is 0 Å². The molecule has 17 heteroatoms. The van der Waals surface area contributed by atoms with Crippen LogP contribution in [0.3, 0.4) is 0 Å². The van der Waals surface area contributed by atoms with Gasteiger partial charge in [0.15, 0.2) is 18.9 Å². The number of carbonyl (C=O) groups is 1. The van der Waals surface area contributed by atoms with Crippen LogP contribution < -0.4 is 11.1 Å². The number of hydrogen-bond donors (Lipinski definition) is 10. The van der Waals surface area contributed by atoms with Crippen LogP contribution in [0.2, 0.25) is 0 Å². The zero-order valence-corrected chi connectivity index (χ0v) is 32.2. The highest BCUT2D eigenvalue weighted by atomic mass is 16.8. The fraction of sp³-hybridized carbons (Fsp3) is 0.973. The Morgan fingerprint density at radius 3 is 1.94 bits per heavy atom. The lowest BCUT2D eigenvalue weighted by Gasteiger charge is -2.48. The van der Waals surface area contributed by atoms with Crippen LogP contribution in [-0.4, -0.2) is 165 Å². The van der Waals surface area contributed by atoms with Crippen LogP contribution in [0, 0.1) is 17.8 Å². The summed E-state index contributed by atoms with van der Waals surface area (Å²) in [4.78, 5) is 12.9. The van der Waals surface area contributed by atoms with Crippen LogP contribution in [0.1, 0.15) is 91.9 Å². The quantitative estimate of drug-likeness (QED) is 0.117. The van der Waals surface area contributed by atoms with Gasteiger partial charge >= 0.3 is 0 Å². The van der Waals surface area contributed by atoms with E-state index in [1.807, 2.05) is 0 Å². The van der Waals surface area contributed by atoms with Crippen molar-refractivity contribution < 1.29 is 74.1 Å². The van der Waals surface area contributed by atoms with Gasteiger partial charge in [-0.15, -0.1) is 0 Å². The smallest absolute Gasteiger partial charge is 0.223 e. The molecule has 54 heavy (non-hydrogen) atoms. The van der Waals surface area contributed by atoms with Crippen molar-refractivity contribution in [3.63, 3.8) is 0 Å². The van der Waals surface area contributed by atoms with Crippen LogP contribution in [0.5, 0.6) is 0 Å². The van der Waals surface area contributed by atoms with E-state index in [1.165, 1.54) is 0 Å². The Hall–Kier alpha value is -1.13. The molecule has 4 aliphatic rings. The van der Waals surface area contributed by atoms with Crippen molar-refractivity contribution in [1.29, 1.82) is 0 Å². The zero-order valence-electron chi connectivity index (χ0n) is 32.2. The number of amides is 1. The van der Waals surface area contributed by atoms with Crippen molar-refractivity contribution in [2.45, 2.75) is 190 Å². The first-order valence-electron chi connectivity index (χ1n) is 20.1. The van der Waals surface area contributed by atoms with E-state index < -0.39 is 105 Å². The van der Waals surface area contributed by atoms with E-state index >= 15 is 0 Å². The van der Waals surface area contributed by atoms with Crippen molar-refractivity contribution in [3.8, 4) is 0 Å². The number of carbonyl (C=O) groups excluding carboxylic acids is 1. The number of aliphatic hydroxyl groups excluding tert-OH is 8. The van der Waals surface area contributed by atoms with E-state index in [4.69, 9.17) is 34.2 Å². The van der Waals surface area contributed by atoms with Crippen LogP contribution in [0.4, 0.5) is 0 Å². The Balaban J connectivity index is 1.51. The molecule has 19 unspecified atom stereocenters. The largest absolute Gasteiger partial charge is 0.394 e. The van der Waals surface area contributed by atoms with Gasteiger partial charge in [-0.05, 0) is 57.3 Å². The topological polar surface area (TPSA) is 272 Å². The molecule has 1 amide bonds. The molecule has 0 aromatic heterocycles. The summed E-state index contributed by atoms with van der Waals surface area (Å²) in [5.74, 6) is 0.643. The second-order valence-corrected chi connectivity index (χ2v) is 15.5. The number of ether oxygens (including phenoxy) is 6. The molecule has 4 aliphatic heterocycles. The van der Waals surface area contributed by atoms with Gasteiger partial charge in [-0.1, -0.05) is 46.5 Å². The highest BCUT2D eigenvalue weighted by molar-refractivity contribution is 5.78. The van der Waals surface area contributed by atoms with Crippen LogP contribution in [0.25, 0.3) is 0 Å². The van der Waals surface area contributed by atoms with Gasteiger partial charge in [0.25, 0.3) is 0 Å². The molecule has 0 bridgehead atoms. The van der Waals surface area contributed by atoms with E-state index in [0.29, 0.717) is 12.5 Å². The molecule has 0 spiro atoms. The second-order valence-electron chi connectivity index (χ2n) is 15.5. The van der Waals surface area contributed by atoms with E-state index in [2.05, 4.69) is 26.1 Å². The maximum atomic E-state index is 12.9. The summed E-state index contributed by atoms with van der Waals surface area (Å²) in [5, 5.41) is 87.2. The molecule has 4 fully saturated rings. The Labute approximate surface area is 318 Å². The highest BCUT2D eigenvalue weighted by Crippen LogP contribution is 2.35. The second kappa shape index (κ2) is 21.6. The SMILES string of the molecule is CCC1CCCC(CC)C(=O)NCCCC(CC)C(OC2OC(C)C(O)C(N)C2OC2OC(CO)C(OC3OC(CO)C(O)C(O)C3O)C(O)C2O)CC1. The predicted molar refractivity (Wildman–Crippen MR) is 191 cm³/mol. The number of rotatable bonds is 11. The van der Waals surface area contributed by atoms with Crippen molar-refractivity contribution in [2.24, 2.45) is 23.5 Å². The fourth-order valence-corrected chi connectivity index (χ4v) is 8.23. The average molecular weight is 781 g/mol. The van der Waals surface area contributed by atoms with Crippen molar-refractivity contribution in [2.75, 3.05) is 19.8 Å². The predicted octanol–water partition coefficient (Wildman–Crippen LogP) is -1.25. The standard InChI is InChI=1S/C37H68N2O15/c1-5-19-10-8-11-21(7-3)34(48)39-15-9-12-20(6-2)22(14-13-19)50-37-33(25(38)26(42)18(4)49-37)54-36-31(47)29(45)32(24(17-41)52-36)53-35-30(46)28(44)27(43)23(16-40)51-35/h18-33,35-37,40-47H,5-17,38H2,1-4H3,(H,39,48). The first-order chi connectivity index (χ1) is 25.8. The molecular formula is C37H68N2O15. The molecule has 4 heterocycles. The van der Waals surface area contributed by atoms with Crippen LogP contribution >= 0.6 is 0 Å². The van der Waals surface area contributed by atoms with Gasteiger partial charge in [0.1, 0.15) is 54.9 Å². The number of nitrogens with one attached hydrogen (secondary N) is 1. The molecule has 0 aliphatic carbocycles. The maximum Gasteiger partial charge on any atom is 0.223 e. The lowest BCUT2D eigenvalue weighted by atomic mass is 9.85. The monoisotopic (exact) mass is 780 g/mol. The number of nitrogens with two attached hydrogens (primary N) is 1. The molecule has 0 radical (unpaired) electrons. The number of hydrogen-bond acceptors (Lipinski definition) is 16. The van der Waals surface area contributed by atoms with Crippen molar-refractivity contribution >= 4 is 5.91 Å². The van der Waals surface area contributed by atoms with Gasteiger partial charge < -0.3 is 80.3 Å². The minimum atomic E-state index is -1.82.